The van der Waals surface area contributed by atoms with E-state index < -0.39 is 0 Å². The zero-order valence-corrected chi connectivity index (χ0v) is 18.2. The van der Waals surface area contributed by atoms with E-state index in [2.05, 4.69) is 27.3 Å². The van der Waals surface area contributed by atoms with E-state index in [0.29, 0.717) is 13.2 Å². The molecule has 6 nitrogen and oxygen atoms in total. The lowest BCUT2D eigenvalue weighted by Gasteiger charge is -2.40. The first-order chi connectivity index (χ1) is 14.1. The number of halogens is 1. The van der Waals surface area contributed by atoms with E-state index in [9.17, 15) is 4.79 Å². The Morgan fingerprint density at radius 3 is 2.90 bits per heavy atom. The summed E-state index contributed by atoms with van der Waals surface area (Å²) in [5, 5.41) is 4.34. The predicted molar refractivity (Wildman–Crippen MR) is 115 cm³/mol. The number of piperidine rings is 1. The van der Waals surface area contributed by atoms with E-state index >= 15 is 0 Å². The Morgan fingerprint density at radius 1 is 1.41 bits per heavy atom. The van der Waals surface area contributed by atoms with E-state index in [4.69, 9.17) is 21.1 Å². The monoisotopic (exact) mass is 421 g/mol. The topological polar surface area (TPSA) is 63.2 Å². The van der Waals surface area contributed by atoms with Crippen molar-refractivity contribution in [3.63, 3.8) is 0 Å². The highest BCUT2D eigenvalue weighted by Gasteiger charge is 2.36. The SMILES string of the molecule is CCOC(=O)C1CCCN(C(=NC)NCC2(c3cccc(Cl)c3)CCOCC2)C1. The summed E-state index contributed by atoms with van der Waals surface area (Å²) in [7, 11) is 1.80. The number of aliphatic imine (C=N–C) groups is 1. The van der Waals surface area contributed by atoms with Gasteiger partial charge in [-0.05, 0) is 50.3 Å². The highest BCUT2D eigenvalue weighted by molar-refractivity contribution is 6.30. The summed E-state index contributed by atoms with van der Waals surface area (Å²) in [5.41, 5.74) is 1.19. The van der Waals surface area contributed by atoms with Gasteiger partial charge in [0, 0.05) is 50.3 Å². The van der Waals surface area contributed by atoms with Gasteiger partial charge < -0.3 is 19.7 Å². The molecule has 0 spiro atoms. The minimum Gasteiger partial charge on any atom is -0.466 e. The van der Waals surface area contributed by atoms with Crippen LogP contribution in [0.3, 0.4) is 0 Å². The molecule has 2 fully saturated rings. The first kappa shape index (κ1) is 21.9. The van der Waals surface area contributed by atoms with Crippen LogP contribution in [0.2, 0.25) is 5.02 Å². The number of carbonyl (C=O) groups excluding carboxylic acids is 1. The van der Waals surface area contributed by atoms with Crippen LogP contribution < -0.4 is 5.32 Å². The highest BCUT2D eigenvalue weighted by Crippen LogP contribution is 2.35. The number of hydrogen-bond acceptors (Lipinski definition) is 4. The summed E-state index contributed by atoms with van der Waals surface area (Å²) in [4.78, 5) is 18.9. The molecule has 7 heteroatoms. The average molecular weight is 422 g/mol. The first-order valence-electron chi connectivity index (χ1n) is 10.5. The van der Waals surface area contributed by atoms with Crippen molar-refractivity contribution in [2.24, 2.45) is 10.9 Å². The zero-order chi connectivity index (χ0) is 20.7. The summed E-state index contributed by atoms with van der Waals surface area (Å²) in [6.07, 6.45) is 3.69. The Hall–Kier alpha value is -1.79. The molecule has 29 heavy (non-hydrogen) atoms. The van der Waals surface area contributed by atoms with Gasteiger partial charge in [0.05, 0.1) is 12.5 Å². The van der Waals surface area contributed by atoms with Crippen LogP contribution in [0, 0.1) is 5.92 Å². The number of rotatable bonds is 5. The van der Waals surface area contributed by atoms with Gasteiger partial charge in [-0.15, -0.1) is 0 Å². The summed E-state index contributed by atoms with van der Waals surface area (Å²) < 4.78 is 10.9. The molecule has 2 aliphatic rings. The number of nitrogens with zero attached hydrogens (tertiary/aromatic N) is 2. The maximum absolute atomic E-state index is 12.2. The fraction of sp³-hybridized carbons (Fsp3) is 0.636. The Labute approximate surface area is 178 Å². The number of ether oxygens (including phenoxy) is 2. The van der Waals surface area contributed by atoms with Gasteiger partial charge in [0.15, 0.2) is 5.96 Å². The fourth-order valence-electron chi connectivity index (χ4n) is 4.35. The smallest absolute Gasteiger partial charge is 0.310 e. The number of benzene rings is 1. The van der Waals surface area contributed by atoms with Crippen LogP contribution in [0.25, 0.3) is 0 Å². The van der Waals surface area contributed by atoms with Gasteiger partial charge in [-0.3, -0.25) is 9.79 Å². The Bertz CT molecular complexity index is 719. The molecular formula is C22H32ClN3O3. The van der Waals surface area contributed by atoms with Crippen molar-refractivity contribution >= 4 is 23.5 Å². The van der Waals surface area contributed by atoms with Crippen molar-refractivity contribution in [3.05, 3.63) is 34.9 Å². The predicted octanol–water partition coefficient (Wildman–Crippen LogP) is 3.24. The van der Waals surface area contributed by atoms with Crippen LogP contribution in [0.15, 0.2) is 29.3 Å². The first-order valence-corrected chi connectivity index (χ1v) is 10.9. The Kier molecular flexibility index (Phi) is 7.78. The molecule has 3 rings (SSSR count). The minimum absolute atomic E-state index is 0.0462. The van der Waals surface area contributed by atoms with Crippen molar-refractivity contribution in [2.75, 3.05) is 46.5 Å². The van der Waals surface area contributed by atoms with Gasteiger partial charge in [-0.2, -0.15) is 0 Å². The van der Waals surface area contributed by atoms with Crippen LogP contribution in [0.4, 0.5) is 0 Å². The Morgan fingerprint density at radius 2 is 2.21 bits per heavy atom. The molecule has 2 aliphatic heterocycles. The van der Waals surface area contributed by atoms with E-state index in [1.807, 2.05) is 19.1 Å². The van der Waals surface area contributed by atoms with Gasteiger partial charge in [-0.1, -0.05) is 23.7 Å². The number of likely N-dealkylation sites (tertiary alicyclic amines) is 1. The summed E-state index contributed by atoms with van der Waals surface area (Å²) in [6.45, 7) is 6.04. The molecule has 2 saturated heterocycles. The zero-order valence-electron chi connectivity index (χ0n) is 17.5. The number of carbonyl (C=O) groups is 1. The maximum Gasteiger partial charge on any atom is 0.310 e. The number of nitrogens with one attached hydrogen (secondary N) is 1. The van der Waals surface area contributed by atoms with Crippen LogP contribution in [-0.2, 0) is 19.7 Å². The third-order valence-electron chi connectivity index (χ3n) is 6.02. The summed E-state index contributed by atoms with van der Waals surface area (Å²) >= 11 is 6.28. The van der Waals surface area contributed by atoms with Gasteiger partial charge in [0.2, 0.25) is 0 Å². The molecule has 0 aromatic heterocycles. The second-order valence-electron chi connectivity index (χ2n) is 7.84. The molecular weight excluding hydrogens is 390 g/mol. The van der Waals surface area contributed by atoms with Crippen molar-refractivity contribution in [1.82, 2.24) is 10.2 Å². The van der Waals surface area contributed by atoms with Crippen molar-refractivity contribution in [3.8, 4) is 0 Å². The second-order valence-corrected chi connectivity index (χ2v) is 8.28. The van der Waals surface area contributed by atoms with E-state index in [0.717, 1.165) is 63.0 Å². The molecule has 0 amide bonds. The molecule has 0 bridgehead atoms. The molecule has 1 aromatic rings. The van der Waals surface area contributed by atoms with Gasteiger partial charge >= 0.3 is 5.97 Å². The van der Waals surface area contributed by atoms with Gasteiger partial charge in [0.1, 0.15) is 0 Å². The quantitative estimate of drug-likeness (QED) is 0.449. The lowest BCUT2D eigenvalue weighted by Crippen LogP contribution is -2.52. The molecule has 1 aromatic carbocycles. The molecule has 1 N–H and O–H groups in total. The van der Waals surface area contributed by atoms with Gasteiger partial charge in [-0.25, -0.2) is 0 Å². The Balaban J connectivity index is 1.70. The minimum atomic E-state index is -0.104. The molecule has 0 aliphatic carbocycles. The fourth-order valence-corrected chi connectivity index (χ4v) is 4.54. The van der Waals surface area contributed by atoms with Crippen LogP contribution in [0.5, 0.6) is 0 Å². The molecule has 160 valence electrons. The largest absolute Gasteiger partial charge is 0.466 e. The highest BCUT2D eigenvalue weighted by atomic mass is 35.5. The van der Waals surface area contributed by atoms with Crippen molar-refractivity contribution in [1.29, 1.82) is 0 Å². The van der Waals surface area contributed by atoms with Crippen molar-refractivity contribution in [2.45, 2.75) is 38.0 Å². The molecule has 2 heterocycles. The normalized spacial score (nSPS) is 22.2. The average Bonchev–Trinajstić information content (AvgIpc) is 2.75. The molecule has 1 unspecified atom stereocenters. The lowest BCUT2D eigenvalue weighted by atomic mass is 9.74. The van der Waals surface area contributed by atoms with E-state index in [-0.39, 0.29) is 17.3 Å². The summed E-state index contributed by atoms with van der Waals surface area (Å²) in [5.74, 6) is 0.645. The number of hydrogen-bond donors (Lipinski definition) is 1. The molecule has 0 radical (unpaired) electrons. The van der Waals surface area contributed by atoms with E-state index in [1.165, 1.54) is 5.56 Å². The maximum atomic E-state index is 12.2. The molecule has 0 saturated carbocycles. The summed E-state index contributed by atoms with van der Waals surface area (Å²) in [6, 6.07) is 8.14. The van der Waals surface area contributed by atoms with Crippen LogP contribution >= 0.6 is 11.6 Å². The third-order valence-corrected chi connectivity index (χ3v) is 6.26. The lowest BCUT2D eigenvalue weighted by molar-refractivity contribution is -0.149. The molecule has 1 atom stereocenters. The standard InChI is InChI=1S/C22H32ClN3O3/c1-3-29-20(27)17-6-5-11-26(15-17)21(24-2)25-16-22(9-12-28-13-10-22)18-7-4-8-19(23)14-18/h4,7-8,14,17H,3,5-6,9-13,15-16H2,1-2H3,(H,24,25). The third kappa shape index (κ3) is 5.43. The number of esters is 1. The van der Waals surface area contributed by atoms with Crippen LogP contribution in [0.1, 0.15) is 38.2 Å². The second kappa shape index (κ2) is 10.3. The van der Waals surface area contributed by atoms with Crippen LogP contribution in [-0.4, -0.2) is 63.3 Å². The number of guanidine groups is 1. The van der Waals surface area contributed by atoms with E-state index in [1.54, 1.807) is 7.05 Å². The van der Waals surface area contributed by atoms with Crippen molar-refractivity contribution < 1.29 is 14.3 Å². The van der Waals surface area contributed by atoms with Gasteiger partial charge in [0.25, 0.3) is 0 Å².